The second-order valence-corrected chi connectivity index (χ2v) is 4.14. The van der Waals surface area contributed by atoms with E-state index in [-0.39, 0.29) is 16.3 Å². The molecule has 0 radical (unpaired) electrons. The number of rotatable bonds is 3. The molecule has 0 bridgehead atoms. The zero-order chi connectivity index (χ0) is 14.8. The predicted octanol–water partition coefficient (Wildman–Crippen LogP) is 3.86. The highest BCUT2D eigenvalue weighted by Gasteiger charge is 2.32. The number of carbonyl (C=O) groups is 1. The average molecular weight is 302 g/mol. The second kappa shape index (κ2) is 5.50. The first-order chi connectivity index (χ1) is 9.37. The lowest BCUT2D eigenvalue weighted by atomic mass is 10.1. The van der Waals surface area contributed by atoms with E-state index < -0.39 is 17.9 Å². The summed E-state index contributed by atoms with van der Waals surface area (Å²) in [5.41, 5.74) is 0.125. The summed E-state index contributed by atoms with van der Waals surface area (Å²) in [6.07, 6.45) is -3.47. The highest BCUT2D eigenvalue weighted by Crippen LogP contribution is 2.31. The first-order valence-corrected chi connectivity index (χ1v) is 5.75. The summed E-state index contributed by atoms with van der Waals surface area (Å²) in [7, 11) is 0. The van der Waals surface area contributed by atoms with Gasteiger partial charge < -0.3 is 4.74 Å². The number of pyridine rings is 1. The van der Waals surface area contributed by atoms with Crippen LogP contribution >= 0.6 is 11.6 Å². The maximum atomic E-state index is 12.2. The van der Waals surface area contributed by atoms with E-state index in [0.717, 1.165) is 6.07 Å². The van der Waals surface area contributed by atoms with E-state index >= 15 is 0 Å². The predicted molar refractivity (Wildman–Crippen MR) is 65.8 cm³/mol. The number of ketones is 1. The molecule has 0 aliphatic carbocycles. The van der Waals surface area contributed by atoms with E-state index in [9.17, 15) is 18.0 Å². The van der Waals surface area contributed by atoms with E-state index in [1.54, 1.807) is 12.1 Å². The van der Waals surface area contributed by atoms with Gasteiger partial charge in [0.25, 0.3) is 0 Å². The Kier molecular flexibility index (Phi) is 3.94. The third-order valence-electron chi connectivity index (χ3n) is 2.32. The van der Waals surface area contributed by atoms with Gasteiger partial charge in [-0.15, -0.1) is 13.2 Å². The fraction of sp³-hybridized carbons (Fsp3) is 0.0769. The van der Waals surface area contributed by atoms with Crippen LogP contribution in [0.25, 0.3) is 0 Å². The maximum Gasteiger partial charge on any atom is 0.573 e. The largest absolute Gasteiger partial charge is 0.573 e. The van der Waals surface area contributed by atoms with Gasteiger partial charge in [-0.1, -0.05) is 17.7 Å². The van der Waals surface area contributed by atoms with Crippen LogP contribution in [0, 0.1) is 0 Å². The minimum absolute atomic E-state index is 0.00681. The third-order valence-corrected chi connectivity index (χ3v) is 2.63. The number of nitrogens with zero attached hydrogens (tertiary/aromatic N) is 1. The monoisotopic (exact) mass is 301 g/mol. The molecule has 0 spiro atoms. The Morgan fingerprint density at radius 2 is 1.95 bits per heavy atom. The number of carbonyl (C=O) groups excluding carboxylic acids is 1. The first kappa shape index (κ1) is 14.3. The van der Waals surface area contributed by atoms with Crippen LogP contribution in [0.5, 0.6) is 5.75 Å². The average Bonchev–Trinajstić information content (AvgIpc) is 2.40. The number of hydrogen-bond donors (Lipinski definition) is 0. The van der Waals surface area contributed by atoms with Crippen molar-refractivity contribution in [2.45, 2.75) is 6.36 Å². The van der Waals surface area contributed by atoms with Crippen molar-refractivity contribution in [2.75, 3.05) is 0 Å². The van der Waals surface area contributed by atoms with Crippen molar-refractivity contribution in [2.24, 2.45) is 0 Å². The van der Waals surface area contributed by atoms with Crippen molar-refractivity contribution in [3.8, 4) is 5.75 Å². The summed E-state index contributed by atoms with van der Waals surface area (Å²) >= 11 is 5.60. The Bertz CT molecular complexity index is 629. The summed E-state index contributed by atoms with van der Waals surface area (Å²) in [5.74, 6) is -1.14. The fourth-order valence-electron chi connectivity index (χ4n) is 1.49. The maximum absolute atomic E-state index is 12.2. The van der Waals surface area contributed by atoms with Gasteiger partial charge in [0.05, 0.1) is 5.02 Å². The molecule has 1 heterocycles. The Morgan fingerprint density at radius 3 is 2.55 bits per heavy atom. The van der Waals surface area contributed by atoms with Gasteiger partial charge in [-0.2, -0.15) is 0 Å². The first-order valence-electron chi connectivity index (χ1n) is 5.38. The molecule has 0 unspecified atom stereocenters. The van der Waals surface area contributed by atoms with E-state index in [2.05, 4.69) is 9.72 Å². The third kappa shape index (κ3) is 3.48. The Hall–Kier alpha value is -2.08. The highest BCUT2D eigenvalue weighted by molar-refractivity contribution is 6.32. The standard InChI is InChI=1S/C13H7ClF3NO2/c14-9-5-4-8(7-11(9)20-13(15,16)17)12(19)10-3-1-2-6-18-10/h1-7H. The van der Waals surface area contributed by atoms with Crippen LogP contribution in [0.2, 0.25) is 5.02 Å². The lowest BCUT2D eigenvalue weighted by Crippen LogP contribution is -2.17. The van der Waals surface area contributed by atoms with Gasteiger partial charge in [0.1, 0.15) is 11.4 Å². The van der Waals surface area contributed by atoms with Crippen molar-refractivity contribution in [1.29, 1.82) is 0 Å². The number of benzene rings is 1. The van der Waals surface area contributed by atoms with Crippen LogP contribution in [0.4, 0.5) is 13.2 Å². The summed E-state index contributed by atoms with van der Waals surface area (Å²) in [4.78, 5) is 15.9. The molecule has 1 aromatic carbocycles. The van der Waals surface area contributed by atoms with E-state index in [0.29, 0.717) is 0 Å². The molecule has 0 aliphatic heterocycles. The molecule has 0 N–H and O–H groups in total. The van der Waals surface area contributed by atoms with Crippen LogP contribution in [0.15, 0.2) is 42.6 Å². The van der Waals surface area contributed by atoms with Crippen LogP contribution < -0.4 is 4.74 Å². The van der Waals surface area contributed by atoms with Crippen LogP contribution in [0.1, 0.15) is 16.1 Å². The van der Waals surface area contributed by atoms with Crippen LogP contribution in [-0.4, -0.2) is 17.1 Å². The van der Waals surface area contributed by atoms with Gasteiger partial charge >= 0.3 is 6.36 Å². The SMILES string of the molecule is O=C(c1ccc(Cl)c(OC(F)(F)F)c1)c1ccccn1. The zero-order valence-corrected chi connectivity index (χ0v) is 10.6. The minimum atomic E-state index is -4.88. The van der Waals surface area contributed by atoms with Crippen molar-refractivity contribution in [3.05, 3.63) is 58.9 Å². The normalized spacial score (nSPS) is 11.2. The van der Waals surface area contributed by atoms with Crippen LogP contribution in [0.3, 0.4) is 0 Å². The molecule has 2 rings (SSSR count). The number of alkyl halides is 3. The minimum Gasteiger partial charge on any atom is -0.404 e. The van der Waals surface area contributed by atoms with E-state index in [1.807, 2.05) is 0 Å². The lowest BCUT2D eigenvalue weighted by molar-refractivity contribution is -0.274. The number of hydrogen-bond acceptors (Lipinski definition) is 3. The molecule has 7 heteroatoms. The molecule has 20 heavy (non-hydrogen) atoms. The van der Waals surface area contributed by atoms with Crippen molar-refractivity contribution in [1.82, 2.24) is 4.98 Å². The molecule has 0 aliphatic rings. The Balaban J connectivity index is 2.34. The lowest BCUT2D eigenvalue weighted by Gasteiger charge is -2.11. The molecule has 104 valence electrons. The molecule has 0 atom stereocenters. The molecule has 2 aromatic rings. The summed E-state index contributed by atoms with van der Waals surface area (Å²) in [6, 6.07) is 8.09. The molecule has 0 saturated heterocycles. The summed E-state index contributed by atoms with van der Waals surface area (Å²) in [5, 5.41) is -0.236. The Labute approximate surface area is 117 Å². The fourth-order valence-corrected chi connectivity index (χ4v) is 1.65. The van der Waals surface area contributed by atoms with Crippen molar-refractivity contribution < 1.29 is 22.7 Å². The van der Waals surface area contributed by atoms with Gasteiger partial charge in [0, 0.05) is 11.8 Å². The highest BCUT2D eigenvalue weighted by atomic mass is 35.5. The number of ether oxygens (including phenoxy) is 1. The van der Waals surface area contributed by atoms with Gasteiger partial charge in [0.15, 0.2) is 0 Å². The van der Waals surface area contributed by atoms with Gasteiger partial charge in [-0.25, -0.2) is 0 Å². The Morgan fingerprint density at radius 1 is 1.20 bits per heavy atom. The summed E-state index contributed by atoms with van der Waals surface area (Å²) < 4.78 is 40.4. The molecule has 1 aromatic heterocycles. The number of aromatic nitrogens is 1. The van der Waals surface area contributed by atoms with Gasteiger partial charge in [0.2, 0.25) is 5.78 Å². The van der Waals surface area contributed by atoms with E-state index in [4.69, 9.17) is 11.6 Å². The molecule has 3 nitrogen and oxygen atoms in total. The van der Waals surface area contributed by atoms with Crippen molar-refractivity contribution in [3.63, 3.8) is 0 Å². The van der Waals surface area contributed by atoms with E-state index in [1.165, 1.54) is 24.4 Å². The molecule has 0 fully saturated rings. The second-order valence-electron chi connectivity index (χ2n) is 3.74. The van der Waals surface area contributed by atoms with Crippen molar-refractivity contribution >= 4 is 17.4 Å². The number of halogens is 4. The van der Waals surface area contributed by atoms with Crippen LogP contribution in [-0.2, 0) is 0 Å². The molecule has 0 saturated carbocycles. The molecular formula is C13H7ClF3NO2. The van der Waals surface area contributed by atoms with Gasteiger partial charge in [-0.3, -0.25) is 9.78 Å². The quantitative estimate of drug-likeness (QED) is 0.808. The van der Waals surface area contributed by atoms with Gasteiger partial charge in [-0.05, 0) is 30.3 Å². The molecule has 0 amide bonds. The summed E-state index contributed by atoms with van der Waals surface area (Å²) in [6.45, 7) is 0. The topological polar surface area (TPSA) is 39.2 Å². The molecular weight excluding hydrogens is 295 g/mol. The zero-order valence-electron chi connectivity index (χ0n) is 9.82. The smallest absolute Gasteiger partial charge is 0.404 e.